The number of thioether (sulfide) groups is 1. The summed E-state index contributed by atoms with van der Waals surface area (Å²) < 4.78 is 40.3. The van der Waals surface area contributed by atoms with E-state index in [9.17, 15) is 18.0 Å². The molecule has 1 amide bonds. The Morgan fingerprint density at radius 3 is 2.73 bits per heavy atom. The number of benzene rings is 1. The molecule has 0 spiro atoms. The second kappa shape index (κ2) is 9.05. The van der Waals surface area contributed by atoms with Crippen LogP contribution in [0.4, 0.5) is 18.9 Å². The van der Waals surface area contributed by atoms with Crippen molar-refractivity contribution < 1.29 is 18.0 Å². The topological polar surface area (TPSA) is 59.8 Å². The predicted octanol–water partition coefficient (Wildman–Crippen LogP) is 5.56. The van der Waals surface area contributed by atoms with Crippen molar-refractivity contribution >= 4 is 34.7 Å². The van der Waals surface area contributed by atoms with Gasteiger partial charge in [-0.2, -0.15) is 13.2 Å². The van der Waals surface area contributed by atoms with Crippen molar-refractivity contribution in [1.29, 1.82) is 0 Å². The van der Waals surface area contributed by atoms with Gasteiger partial charge in [0.2, 0.25) is 5.91 Å². The molecule has 0 aliphatic heterocycles. The number of allylic oxidation sites excluding steroid dienone is 1. The Labute approximate surface area is 180 Å². The van der Waals surface area contributed by atoms with E-state index in [-0.39, 0.29) is 11.4 Å². The van der Waals surface area contributed by atoms with Crippen LogP contribution in [0.25, 0.3) is 11.4 Å². The summed E-state index contributed by atoms with van der Waals surface area (Å²) in [6.45, 7) is 8.28. The minimum absolute atomic E-state index is 0.0207. The van der Waals surface area contributed by atoms with Gasteiger partial charge in [0.05, 0.1) is 11.3 Å². The van der Waals surface area contributed by atoms with Crippen LogP contribution >= 0.6 is 23.1 Å². The number of nitrogens with zero attached hydrogens (tertiary/aromatic N) is 3. The Morgan fingerprint density at radius 1 is 1.33 bits per heavy atom. The number of rotatable bonds is 7. The monoisotopic (exact) mass is 452 g/mol. The zero-order valence-electron chi connectivity index (χ0n) is 16.3. The normalized spacial score (nSPS) is 11.5. The molecule has 0 unspecified atom stereocenters. The molecule has 0 fully saturated rings. The Bertz CT molecular complexity index is 1070. The van der Waals surface area contributed by atoms with Crippen LogP contribution in [0.1, 0.15) is 16.0 Å². The van der Waals surface area contributed by atoms with E-state index in [2.05, 4.69) is 22.1 Å². The summed E-state index contributed by atoms with van der Waals surface area (Å²) in [6.07, 6.45) is -2.75. The average molecular weight is 453 g/mol. The number of alkyl halides is 3. The van der Waals surface area contributed by atoms with Gasteiger partial charge in [-0.25, -0.2) is 0 Å². The highest BCUT2D eigenvalue weighted by atomic mass is 32.2. The summed E-state index contributed by atoms with van der Waals surface area (Å²) in [4.78, 5) is 13.4. The van der Waals surface area contributed by atoms with E-state index in [4.69, 9.17) is 0 Å². The number of anilines is 1. The third kappa shape index (κ3) is 4.93. The third-order valence-corrected chi connectivity index (χ3v) is 6.34. The number of thiophene rings is 1. The largest absolute Gasteiger partial charge is 0.416 e. The van der Waals surface area contributed by atoms with Gasteiger partial charge in [0.1, 0.15) is 0 Å². The van der Waals surface area contributed by atoms with Crippen molar-refractivity contribution in [2.45, 2.75) is 31.7 Å². The second-order valence-corrected chi connectivity index (χ2v) is 8.48. The van der Waals surface area contributed by atoms with Crippen molar-refractivity contribution in [2.24, 2.45) is 0 Å². The lowest BCUT2D eigenvalue weighted by molar-refractivity contribution is -0.137. The van der Waals surface area contributed by atoms with Crippen LogP contribution in [0.5, 0.6) is 0 Å². The van der Waals surface area contributed by atoms with E-state index < -0.39 is 17.6 Å². The van der Waals surface area contributed by atoms with E-state index in [1.165, 1.54) is 17.0 Å². The molecule has 0 saturated carbocycles. The van der Waals surface area contributed by atoms with Crippen LogP contribution in [0.15, 0.2) is 47.5 Å². The van der Waals surface area contributed by atoms with Gasteiger partial charge in [-0.1, -0.05) is 23.9 Å². The molecule has 10 heteroatoms. The van der Waals surface area contributed by atoms with Crippen molar-refractivity contribution in [1.82, 2.24) is 14.8 Å². The number of amides is 1. The SMILES string of the molecule is C=CCn1c(SCC(=O)Nc2cccc(C(F)(F)F)c2)nnc1-c1csc(C)c1C. The van der Waals surface area contributed by atoms with Gasteiger partial charge < -0.3 is 5.32 Å². The van der Waals surface area contributed by atoms with E-state index in [0.29, 0.717) is 17.5 Å². The van der Waals surface area contributed by atoms with Gasteiger partial charge in [-0.15, -0.1) is 28.1 Å². The number of aryl methyl sites for hydroxylation is 1. The molecule has 0 bridgehead atoms. The molecular weight excluding hydrogens is 433 g/mol. The summed E-state index contributed by atoms with van der Waals surface area (Å²) in [5.41, 5.74) is 1.38. The minimum atomic E-state index is -4.47. The average Bonchev–Trinajstić information content (AvgIpc) is 3.23. The van der Waals surface area contributed by atoms with Crippen molar-refractivity contribution in [3.05, 3.63) is 58.3 Å². The standard InChI is InChI=1S/C20H19F3N4OS2/c1-4-8-27-18(16-10-29-13(3)12(16)2)25-26-19(27)30-11-17(28)24-15-7-5-6-14(9-15)20(21,22)23/h4-7,9-10H,1,8,11H2,2-3H3,(H,24,28). The molecule has 5 nitrogen and oxygen atoms in total. The first-order chi connectivity index (χ1) is 14.2. The lowest BCUT2D eigenvalue weighted by atomic mass is 10.1. The zero-order chi connectivity index (χ0) is 21.9. The predicted molar refractivity (Wildman–Crippen MR) is 114 cm³/mol. The van der Waals surface area contributed by atoms with Gasteiger partial charge in [0, 0.05) is 28.1 Å². The first kappa shape index (κ1) is 22.1. The Kier molecular flexibility index (Phi) is 6.67. The van der Waals surface area contributed by atoms with E-state index in [1.54, 1.807) is 17.4 Å². The molecule has 30 heavy (non-hydrogen) atoms. The summed E-state index contributed by atoms with van der Waals surface area (Å²) in [6, 6.07) is 4.53. The fraction of sp³-hybridized carbons (Fsp3) is 0.250. The molecule has 0 radical (unpaired) electrons. The number of nitrogens with one attached hydrogen (secondary N) is 1. The highest BCUT2D eigenvalue weighted by Crippen LogP contribution is 2.32. The van der Waals surface area contributed by atoms with Crippen LogP contribution in [-0.2, 0) is 17.5 Å². The number of carbonyl (C=O) groups is 1. The van der Waals surface area contributed by atoms with E-state index >= 15 is 0 Å². The van der Waals surface area contributed by atoms with Gasteiger partial charge in [0.25, 0.3) is 0 Å². The van der Waals surface area contributed by atoms with Gasteiger partial charge >= 0.3 is 6.18 Å². The molecular formula is C20H19F3N4OS2. The molecule has 0 aliphatic rings. The Morgan fingerprint density at radius 2 is 2.10 bits per heavy atom. The van der Waals surface area contributed by atoms with Crippen molar-refractivity contribution in [3.8, 4) is 11.4 Å². The quantitative estimate of drug-likeness (QED) is 0.377. The molecule has 158 valence electrons. The van der Waals surface area contributed by atoms with E-state index in [0.717, 1.165) is 35.0 Å². The van der Waals surface area contributed by atoms with Crippen LogP contribution in [0.2, 0.25) is 0 Å². The third-order valence-electron chi connectivity index (χ3n) is 4.36. The Balaban J connectivity index is 1.72. The summed E-state index contributed by atoms with van der Waals surface area (Å²) in [7, 11) is 0. The van der Waals surface area contributed by atoms with E-state index in [1.807, 2.05) is 23.8 Å². The molecule has 3 rings (SSSR count). The fourth-order valence-corrected chi connectivity index (χ4v) is 4.33. The van der Waals surface area contributed by atoms with Crippen LogP contribution < -0.4 is 5.32 Å². The lowest BCUT2D eigenvalue weighted by Gasteiger charge is -2.10. The minimum Gasteiger partial charge on any atom is -0.325 e. The first-order valence-electron chi connectivity index (χ1n) is 8.89. The molecule has 1 aromatic carbocycles. The van der Waals surface area contributed by atoms with Gasteiger partial charge in [-0.05, 0) is 37.6 Å². The first-order valence-corrected chi connectivity index (χ1v) is 10.8. The number of halogens is 3. The second-order valence-electron chi connectivity index (χ2n) is 6.45. The molecule has 2 aromatic heterocycles. The molecule has 0 aliphatic carbocycles. The fourth-order valence-electron chi connectivity index (χ4n) is 2.72. The number of carbonyl (C=O) groups excluding carboxylic acids is 1. The maximum absolute atomic E-state index is 12.8. The van der Waals surface area contributed by atoms with Crippen LogP contribution in [-0.4, -0.2) is 26.4 Å². The van der Waals surface area contributed by atoms with Gasteiger partial charge in [0.15, 0.2) is 11.0 Å². The summed E-state index contributed by atoms with van der Waals surface area (Å²) >= 11 is 2.79. The Hall–Kier alpha value is -2.59. The molecule has 1 N–H and O–H groups in total. The number of aromatic nitrogens is 3. The summed E-state index contributed by atoms with van der Waals surface area (Å²) in [5, 5.41) is 13.5. The van der Waals surface area contributed by atoms with Gasteiger partial charge in [-0.3, -0.25) is 9.36 Å². The number of hydrogen-bond donors (Lipinski definition) is 1. The summed E-state index contributed by atoms with van der Waals surface area (Å²) in [5.74, 6) is 0.238. The zero-order valence-corrected chi connectivity index (χ0v) is 17.9. The molecule has 0 atom stereocenters. The van der Waals surface area contributed by atoms with Crippen LogP contribution in [0.3, 0.4) is 0 Å². The smallest absolute Gasteiger partial charge is 0.325 e. The van der Waals surface area contributed by atoms with Crippen molar-refractivity contribution in [3.63, 3.8) is 0 Å². The highest BCUT2D eigenvalue weighted by molar-refractivity contribution is 7.99. The molecule has 0 saturated heterocycles. The highest BCUT2D eigenvalue weighted by Gasteiger charge is 2.30. The van der Waals surface area contributed by atoms with Crippen LogP contribution in [0, 0.1) is 13.8 Å². The molecule has 3 aromatic rings. The lowest BCUT2D eigenvalue weighted by Crippen LogP contribution is -2.15. The van der Waals surface area contributed by atoms with Crippen molar-refractivity contribution in [2.75, 3.05) is 11.1 Å². The number of hydrogen-bond acceptors (Lipinski definition) is 5. The maximum atomic E-state index is 12.8. The molecule has 2 heterocycles. The maximum Gasteiger partial charge on any atom is 0.416 e.